The van der Waals surface area contributed by atoms with Crippen LogP contribution in [0.25, 0.3) is 0 Å². The Labute approximate surface area is 118 Å². The van der Waals surface area contributed by atoms with Crippen LogP contribution in [0.2, 0.25) is 0 Å². The number of carbonyl (C=O) groups excluding carboxylic acids is 1. The van der Waals surface area contributed by atoms with E-state index >= 15 is 0 Å². The molecule has 0 radical (unpaired) electrons. The van der Waals surface area contributed by atoms with Crippen molar-refractivity contribution in [1.82, 2.24) is 10.6 Å². The molecule has 2 amide bonds. The first-order valence-electron chi connectivity index (χ1n) is 6.76. The first-order chi connectivity index (χ1) is 8.93. The summed E-state index contributed by atoms with van der Waals surface area (Å²) in [6.07, 6.45) is 6.35. The maximum absolute atomic E-state index is 11.8. The summed E-state index contributed by atoms with van der Waals surface area (Å²) in [5, 5.41) is 15.1. The van der Waals surface area contributed by atoms with E-state index in [1.807, 2.05) is 11.8 Å². The molecule has 3 atom stereocenters. The highest BCUT2D eigenvalue weighted by atomic mass is 32.2. The summed E-state index contributed by atoms with van der Waals surface area (Å²) in [5.41, 5.74) is 0. The zero-order valence-electron chi connectivity index (χ0n) is 11.8. The SMILES string of the molecule is CSC1CCCC(NC(=O)N[C@H](C(=O)O)C(C)C)C1. The van der Waals surface area contributed by atoms with Gasteiger partial charge in [0.25, 0.3) is 0 Å². The molecule has 0 aromatic rings. The molecule has 0 aromatic heterocycles. The van der Waals surface area contributed by atoms with Crippen LogP contribution in [0.3, 0.4) is 0 Å². The van der Waals surface area contributed by atoms with E-state index in [2.05, 4.69) is 16.9 Å². The predicted octanol–water partition coefficient (Wildman–Crippen LogP) is 2.07. The molecule has 3 N–H and O–H groups in total. The minimum absolute atomic E-state index is 0.131. The summed E-state index contributed by atoms with van der Waals surface area (Å²) >= 11 is 1.83. The van der Waals surface area contributed by atoms with Gasteiger partial charge in [-0.05, 0) is 31.4 Å². The first kappa shape index (κ1) is 16.1. The lowest BCUT2D eigenvalue weighted by molar-refractivity contribution is -0.140. The molecule has 1 aliphatic carbocycles. The van der Waals surface area contributed by atoms with Crippen LogP contribution in [-0.2, 0) is 4.79 Å². The molecule has 1 saturated carbocycles. The number of urea groups is 1. The molecule has 19 heavy (non-hydrogen) atoms. The predicted molar refractivity (Wildman–Crippen MR) is 77.5 cm³/mol. The summed E-state index contributed by atoms with van der Waals surface area (Å²) in [7, 11) is 0. The van der Waals surface area contributed by atoms with Gasteiger partial charge in [-0.25, -0.2) is 9.59 Å². The van der Waals surface area contributed by atoms with Crippen molar-refractivity contribution in [3.8, 4) is 0 Å². The Balaban J connectivity index is 2.43. The van der Waals surface area contributed by atoms with Crippen LogP contribution < -0.4 is 10.6 Å². The molecule has 0 saturated heterocycles. The van der Waals surface area contributed by atoms with E-state index in [1.54, 1.807) is 13.8 Å². The fourth-order valence-electron chi connectivity index (χ4n) is 2.37. The molecule has 0 aromatic carbocycles. The molecule has 0 heterocycles. The highest BCUT2D eigenvalue weighted by molar-refractivity contribution is 7.99. The van der Waals surface area contributed by atoms with Crippen LogP contribution in [0.1, 0.15) is 39.5 Å². The average molecular weight is 288 g/mol. The van der Waals surface area contributed by atoms with Crippen molar-refractivity contribution < 1.29 is 14.7 Å². The van der Waals surface area contributed by atoms with Gasteiger partial charge in [-0.3, -0.25) is 0 Å². The van der Waals surface area contributed by atoms with Crippen LogP contribution in [0.5, 0.6) is 0 Å². The molecule has 0 aliphatic heterocycles. The third-order valence-corrected chi connectivity index (χ3v) is 4.61. The van der Waals surface area contributed by atoms with Crippen LogP contribution in [0, 0.1) is 5.92 Å². The van der Waals surface area contributed by atoms with Crippen molar-refractivity contribution in [3.05, 3.63) is 0 Å². The second kappa shape index (κ2) is 7.62. The molecule has 1 fully saturated rings. The second-order valence-electron chi connectivity index (χ2n) is 5.40. The standard InChI is InChI=1S/C13H24N2O3S/c1-8(2)11(12(16)17)15-13(18)14-9-5-4-6-10(7-9)19-3/h8-11H,4-7H2,1-3H3,(H,16,17)(H2,14,15,18)/t9?,10?,11-/m0/s1. The number of nitrogens with one attached hydrogen (secondary N) is 2. The van der Waals surface area contributed by atoms with Gasteiger partial charge in [0, 0.05) is 11.3 Å². The Morgan fingerprint density at radius 2 is 2.00 bits per heavy atom. The maximum Gasteiger partial charge on any atom is 0.326 e. The highest BCUT2D eigenvalue weighted by Gasteiger charge is 2.26. The van der Waals surface area contributed by atoms with E-state index in [0.717, 1.165) is 19.3 Å². The molecular weight excluding hydrogens is 264 g/mol. The third-order valence-electron chi connectivity index (χ3n) is 3.51. The van der Waals surface area contributed by atoms with E-state index < -0.39 is 12.0 Å². The van der Waals surface area contributed by atoms with Gasteiger partial charge in [-0.1, -0.05) is 20.3 Å². The Morgan fingerprint density at radius 1 is 1.32 bits per heavy atom. The number of carboxylic acids is 1. The average Bonchev–Trinajstić information content (AvgIpc) is 2.35. The lowest BCUT2D eigenvalue weighted by Gasteiger charge is -2.29. The summed E-state index contributed by atoms with van der Waals surface area (Å²) in [6, 6.07) is -1.04. The fourth-order valence-corrected chi connectivity index (χ4v) is 3.20. The van der Waals surface area contributed by atoms with E-state index in [-0.39, 0.29) is 18.0 Å². The maximum atomic E-state index is 11.8. The Hall–Kier alpha value is -0.910. The minimum atomic E-state index is -0.990. The van der Waals surface area contributed by atoms with Crippen molar-refractivity contribution in [2.75, 3.05) is 6.26 Å². The highest BCUT2D eigenvalue weighted by Crippen LogP contribution is 2.26. The number of aliphatic carboxylic acids is 1. The molecule has 110 valence electrons. The minimum Gasteiger partial charge on any atom is -0.480 e. The lowest BCUT2D eigenvalue weighted by Crippen LogP contribution is -2.51. The van der Waals surface area contributed by atoms with Gasteiger partial charge in [-0.15, -0.1) is 0 Å². The molecule has 0 spiro atoms. The molecular formula is C13H24N2O3S. The third kappa shape index (κ3) is 5.30. The van der Waals surface area contributed by atoms with E-state index in [4.69, 9.17) is 5.11 Å². The zero-order chi connectivity index (χ0) is 14.4. The molecule has 1 rings (SSSR count). The normalized spacial score (nSPS) is 24.8. The van der Waals surface area contributed by atoms with Crippen molar-refractivity contribution >= 4 is 23.8 Å². The van der Waals surface area contributed by atoms with Crippen LogP contribution in [0.15, 0.2) is 0 Å². The van der Waals surface area contributed by atoms with E-state index in [1.165, 1.54) is 6.42 Å². The zero-order valence-corrected chi connectivity index (χ0v) is 12.6. The monoisotopic (exact) mass is 288 g/mol. The van der Waals surface area contributed by atoms with Gasteiger partial charge in [0.05, 0.1) is 0 Å². The van der Waals surface area contributed by atoms with Crippen molar-refractivity contribution in [1.29, 1.82) is 0 Å². The smallest absolute Gasteiger partial charge is 0.326 e. The summed E-state index contributed by atoms with van der Waals surface area (Å²) < 4.78 is 0. The number of hydrogen-bond acceptors (Lipinski definition) is 3. The summed E-state index contributed by atoms with van der Waals surface area (Å²) in [5.74, 6) is -1.12. The van der Waals surface area contributed by atoms with Gasteiger partial charge in [0.15, 0.2) is 0 Å². The van der Waals surface area contributed by atoms with Crippen LogP contribution in [0.4, 0.5) is 4.79 Å². The molecule has 5 nitrogen and oxygen atoms in total. The van der Waals surface area contributed by atoms with Gasteiger partial charge in [-0.2, -0.15) is 11.8 Å². The molecule has 0 bridgehead atoms. The largest absolute Gasteiger partial charge is 0.480 e. The summed E-state index contributed by atoms with van der Waals surface area (Å²) in [6.45, 7) is 3.56. The van der Waals surface area contributed by atoms with Gasteiger partial charge >= 0.3 is 12.0 Å². The second-order valence-corrected chi connectivity index (χ2v) is 6.54. The van der Waals surface area contributed by atoms with E-state index in [0.29, 0.717) is 5.25 Å². The number of thioether (sulfide) groups is 1. The number of rotatable bonds is 5. The summed E-state index contributed by atoms with van der Waals surface area (Å²) in [4.78, 5) is 22.9. The van der Waals surface area contributed by atoms with Crippen molar-refractivity contribution in [2.45, 2.75) is 56.9 Å². The Bertz CT molecular complexity index is 323. The van der Waals surface area contributed by atoms with Crippen LogP contribution >= 0.6 is 11.8 Å². The van der Waals surface area contributed by atoms with E-state index in [9.17, 15) is 9.59 Å². The van der Waals surface area contributed by atoms with Gasteiger partial charge in [0.2, 0.25) is 0 Å². The number of hydrogen-bond donors (Lipinski definition) is 3. The Morgan fingerprint density at radius 3 is 2.53 bits per heavy atom. The number of amides is 2. The van der Waals surface area contributed by atoms with Crippen molar-refractivity contribution in [2.24, 2.45) is 5.92 Å². The molecule has 6 heteroatoms. The quantitative estimate of drug-likeness (QED) is 0.723. The Kier molecular flexibility index (Phi) is 6.48. The molecule has 1 aliphatic rings. The fraction of sp³-hybridized carbons (Fsp3) is 0.846. The lowest BCUT2D eigenvalue weighted by atomic mass is 9.95. The van der Waals surface area contributed by atoms with Crippen molar-refractivity contribution in [3.63, 3.8) is 0 Å². The number of carboxylic acid groups (broad SMARTS) is 1. The van der Waals surface area contributed by atoms with Gasteiger partial charge < -0.3 is 15.7 Å². The van der Waals surface area contributed by atoms with Gasteiger partial charge in [0.1, 0.15) is 6.04 Å². The first-order valence-corrected chi connectivity index (χ1v) is 8.05. The molecule has 2 unspecified atom stereocenters. The topological polar surface area (TPSA) is 78.4 Å². The number of carbonyl (C=O) groups is 2. The van der Waals surface area contributed by atoms with Crippen LogP contribution in [-0.4, -0.2) is 40.7 Å².